The summed E-state index contributed by atoms with van der Waals surface area (Å²) >= 11 is 6.11. The summed E-state index contributed by atoms with van der Waals surface area (Å²) in [5.74, 6) is -0.319. The van der Waals surface area contributed by atoms with Crippen LogP contribution in [-0.2, 0) is 21.4 Å². The maximum Gasteiger partial charge on any atom is 0.340 e. The number of benzene rings is 2. The standard InChI is InChI=1S/C21H22ClN3O5S/c1-4-25(5-2)31(27,28)16-10-11-18(22)17(12-16)21(26)29-13-19-23-20(24-30-19)15-8-6-14(3)7-9-15/h6-12H,4-5,13H2,1-3H3. The minimum Gasteiger partial charge on any atom is -0.452 e. The second-order valence-electron chi connectivity index (χ2n) is 6.68. The van der Waals surface area contributed by atoms with E-state index in [0.717, 1.165) is 11.1 Å². The minimum absolute atomic E-state index is 0.0352. The number of esters is 1. The van der Waals surface area contributed by atoms with E-state index in [-0.39, 0.29) is 28.0 Å². The average Bonchev–Trinajstić information content (AvgIpc) is 3.22. The molecule has 10 heteroatoms. The van der Waals surface area contributed by atoms with Gasteiger partial charge in [0.2, 0.25) is 15.8 Å². The van der Waals surface area contributed by atoms with Gasteiger partial charge >= 0.3 is 5.97 Å². The summed E-state index contributed by atoms with van der Waals surface area (Å²) in [4.78, 5) is 16.7. The molecule has 3 rings (SSSR count). The number of ether oxygens (including phenoxy) is 1. The maximum atomic E-state index is 12.7. The van der Waals surface area contributed by atoms with Crippen LogP contribution < -0.4 is 0 Å². The Kier molecular flexibility index (Phi) is 7.09. The van der Waals surface area contributed by atoms with Gasteiger partial charge in [-0.1, -0.05) is 60.4 Å². The van der Waals surface area contributed by atoms with Gasteiger partial charge in [-0.25, -0.2) is 13.2 Å². The summed E-state index contributed by atoms with van der Waals surface area (Å²) in [6, 6.07) is 11.5. The average molecular weight is 464 g/mol. The number of carbonyl (C=O) groups excluding carboxylic acids is 1. The van der Waals surface area contributed by atoms with Crippen molar-refractivity contribution >= 4 is 27.6 Å². The molecule has 0 amide bonds. The third-order valence-corrected chi connectivity index (χ3v) is 6.98. The van der Waals surface area contributed by atoms with Gasteiger partial charge in [-0.05, 0) is 25.1 Å². The first-order valence-corrected chi connectivity index (χ1v) is 11.4. The van der Waals surface area contributed by atoms with E-state index >= 15 is 0 Å². The number of hydrogen-bond acceptors (Lipinski definition) is 7. The Hall–Kier alpha value is -2.75. The largest absolute Gasteiger partial charge is 0.452 e. The van der Waals surface area contributed by atoms with Gasteiger partial charge < -0.3 is 9.26 Å². The summed E-state index contributed by atoms with van der Waals surface area (Å²) in [6.07, 6.45) is 0. The molecule has 0 N–H and O–H groups in total. The number of hydrogen-bond donors (Lipinski definition) is 0. The molecule has 2 aromatic carbocycles. The lowest BCUT2D eigenvalue weighted by molar-refractivity contribution is 0.0429. The highest BCUT2D eigenvalue weighted by atomic mass is 35.5. The third kappa shape index (κ3) is 5.12. The first-order chi connectivity index (χ1) is 14.8. The van der Waals surface area contributed by atoms with Crippen molar-refractivity contribution in [1.82, 2.24) is 14.4 Å². The van der Waals surface area contributed by atoms with E-state index in [9.17, 15) is 13.2 Å². The van der Waals surface area contributed by atoms with Crippen molar-refractivity contribution in [3.8, 4) is 11.4 Å². The van der Waals surface area contributed by atoms with Crippen LogP contribution in [0.5, 0.6) is 0 Å². The Morgan fingerprint density at radius 1 is 1.13 bits per heavy atom. The van der Waals surface area contributed by atoms with Gasteiger partial charge in [-0.2, -0.15) is 9.29 Å². The minimum atomic E-state index is -3.75. The van der Waals surface area contributed by atoms with Crippen LogP contribution in [0.2, 0.25) is 5.02 Å². The van der Waals surface area contributed by atoms with Gasteiger partial charge in [0, 0.05) is 18.7 Å². The number of carbonyl (C=O) groups is 1. The molecule has 0 bridgehead atoms. The summed E-state index contributed by atoms with van der Waals surface area (Å²) in [7, 11) is -3.75. The van der Waals surface area contributed by atoms with Crippen molar-refractivity contribution in [2.75, 3.05) is 13.1 Å². The highest BCUT2D eigenvalue weighted by molar-refractivity contribution is 7.89. The first-order valence-electron chi connectivity index (χ1n) is 9.62. The molecule has 8 nitrogen and oxygen atoms in total. The van der Waals surface area contributed by atoms with E-state index in [0.29, 0.717) is 18.9 Å². The van der Waals surface area contributed by atoms with Crippen molar-refractivity contribution in [3.63, 3.8) is 0 Å². The SMILES string of the molecule is CCN(CC)S(=O)(=O)c1ccc(Cl)c(C(=O)OCc2nc(-c3ccc(C)cc3)no2)c1. The van der Waals surface area contributed by atoms with E-state index < -0.39 is 16.0 Å². The Morgan fingerprint density at radius 3 is 2.45 bits per heavy atom. The molecular formula is C21H22ClN3O5S. The van der Waals surface area contributed by atoms with Gasteiger partial charge in [-0.15, -0.1) is 0 Å². The predicted molar refractivity (Wildman–Crippen MR) is 115 cm³/mol. The van der Waals surface area contributed by atoms with Crippen LogP contribution in [0.1, 0.15) is 35.7 Å². The summed E-state index contributed by atoms with van der Waals surface area (Å²) in [6.45, 7) is 5.78. The van der Waals surface area contributed by atoms with Crippen molar-refractivity contribution in [1.29, 1.82) is 0 Å². The normalized spacial score (nSPS) is 11.6. The van der Waals surface area contributed by atoms with Crippen LogP contribution in [0.4, 0.5) is 0 Å². The zero-order valence-electron chi connectivity index (χ0n) is 17.3. The van der Waals surface area contributed by atoms with E-state index in [1.165, 1.54) is 22.5 Å². The fourth-order valence-electron chi connectivity index (χ4n) is 2.87. The number of aryl methyl sites for hydroxylation is 1. The van der Waals surface area contributed by atoms with Gasteiger partial charge in [0.15, 0.2) is 6.61 Å². The molecule has 164 valence electrons. The second-order valence-corrected chi connectivity index (χ2v) is 9.03. The van der Waals surface area contributed by atoms with Gasteiger partial charge in [0.05, 0.1) is 15.5 Å². The van der Waals surface area contributed by atoms with Crippen LogP contribution >= 0.6 is 11.6 Å². The van der Waals surface area contributed by atoms with Crippen LogP contribution in [0.15, 0.2) is 51.9 Å². The molecule has 0 unspecified atom stereocenters. The van der Waals surface area contributed by atoms with Crippen molar-refractivity contribution in [2.45, 2.75) is 32.3 Å². The molecule has 3 aromatic rings. The van der Waals surface area contributed by atoms with Crippen molar-refractivity contribution < 1.29 is 22.5 Å². The highest BCUT2D eigenvalue weighted by Gasteiger charge is 2.24. The summed E-state index contributed by atoms with van der Waals surface area (Å²) in [5, 5.41) is 3.96. The molecule has 1 heterocycles. The Morgan fingerprint density at radius 2 is 1.81 bits per heavy atom. The van der Waals surface area contributed by atoms with Gasteiger partial charge in [0.1, 0.15) is 0 Å². The quantitative estimate of drug-likeness (QED) is 0.463. The molecule has 1 aromatic heterocycles. The number of aromatic nitrogens is 2. The summed E-state index contributed by atoms with van der Waals surface area (Å²) < 4.78 is 37.1. The number of nitrogens with zero attached hydrogens (tertiary/aromatic N) is 3. The van der Waals surface area contributed by atoms with Crippen LogP contribution in [0.3, 0.4) is 0 Å². The zero-order valence-corrected chi connectivity index (χ0v) is 18.9. The van der Waals surface area contributed by atoms with Crippen molar-refractivity contribution in [3.05, 3.63) is 64.5 Å². The van der Waals surface area contributed by atoms with Gasteiger partial charge in [-0.3, -0.25) is 0 Å². The van der Waals surface area contributed by atoms with Crippen LogP contribution in [-0.4, -0.2) is 41.9 Å². The molecule has 0 saturated heterocycles. The van der Waals surface area contributed by atoms with Crippen molar-refractivity contribution in [2.24, 2.45) is 0 Å². The molecule has 0 spiro atoms. The smallest absolute Gasteiger partial charge is 0.340 e. The molecular weight excluding hydrogens is 442 g/mol. The number of rotatable bonds is 8. The lowest BCUT2D eigenvalue weighted by Gasteiger charge is -2.18. The zero-order chi connectivity index (χ0) is 22.6. The van der Waals surface area contributed by atoms with Crippen LogP contribution in [0, 0.1) is 6.92 Å². The van der Waals surface area contributed by atoms with Gasteiger partial charge in [0.25, 0.3) is 5.89 Å². The Bertz CT molecular complexity index is 1170. The molecule has 0 aliphatic heterocycles. The molecule has 0 saturated carbocycles. The topological polar surface area (TPSA) is 103 Å². The van der Waals surface area contributed by atoms with E-state index in [4.69, 9.17) is 20.9 Å². The lowest BCUT2D eigenvalue weighted by Crippen LogP contribution is -2.30. The fraction of sp³-hybridized carbons (Fsp3) is 0.286. The molecule has 31 heavy (non-hydrogen) atoms. The molecule has 0 fully saturated rings. The first kappa shape index (κ1) is 22.9. The summed E-state index contributed by atoms with van der Waals surface area (Å²) in [5.41, 5.74) is 1.81. The number of sulfonamides is 1. The van der Waals surface area contributed by atoms with E-state index in [2.05, 4.69) is 10.1 Å². The number of halogens is 1. The molecule has 0 aliphatic rings. The lowest BCUT2D eigenvalue weighted by atomic mass is 10.1. The molecule has 0 atom stereocenters. The Labute approximate surface area is 185 Å². The van der Waals surface area contributed by atoms with E-state index in [1.807, 2.05) is 31.2 Å². The molecule has 0 aliphatic carbocycles. The third-order valence-electron chi connectivity index (χ3n) is 4.61. The second kappa shape index (κ2) is 9.59. The molecule has 0 radical (unpaired) electrons. The fourth-order valence-corrected chi connectivity index (χ4v) is 4.55. The predicted octanol–water partition coefficient (Wildman–Crippen LogP) is 4.09. The monoisotopic (exact) mass is 463 g/mol. The van der Waals surface area contributed by atoms with Crippen LogP contribution in [0.25, 0.3) is 11.4 Å². The maximum absolute atomic E-state index is 12.7. The van der Waals surface area contributed by atoms with E-state index in [1.54, 1.807) is 13.8 Å². The highest BCUT2D eigenvalue weighted by Crippen LogP contribution is 2.24. The Balaban J connectivity index is 1.75.